The molecule has 1 atom stereocenters. The number of amides is 2. The number of nitrogens with zero attached hydrogens (tertiary/aromatic N) is 1. The molecule has 0 spiro atoms. The Morgan fingerprint density at radius 3 is 2.32 bits per heavy atom. The lowest BCUT2D eigenvalue weighted by Gasteiger charge is -2.14. The highest BCUT2D eigenvalue weighted by Gasteiger charge is 2.29. The molecule has 1 unspecified atom stereocenters. The van der Waals surface area contributed by atoms with Gasteiger partial charge in [-0.2, -0.15) is 0 Å². The number of aromatic nitrogens is 1. The number of ether oxygens (including phenoxy) is 1. The van der Waals surface area contributed by atoms with Crippen molar-refractivity contribution in [2.24, 2.45) is 0 Å². The number of alkyl carbamates (subject to hydrolysis) is 1. The first-order chi connectivity index (χ1) is 16.5. The average molecular weight is 465 g/mol. The molecule has 1 aromatic heterocycles. The molecule has 1 aliphatic carbocycles. The molecule has 10 nitrogen and oxygen atoms in total. The van der Waals surface area contributed by atoms with Gasteiger partial charge < -0.3 is 30.1 Å². The van der Waals surface area contributed by atoms with Crippen LogP contribution in [0.4, 0.5) is 4.79 Å². The molecular weight excluding hydrogens is 442 g/mol. The molecule has 10 heteroatoms. The standard InChI is InChI=1S/C24H23N3O7/c28-21(23(30)31)9-10-25-22(29)19-13-34-27-20(19)11-26-24(32)33-12-18-16-7-3-1-5-14(16)15-6-2-4-8-17(15)18/h1-8,13,18,21,28H,9-12H2,(H,25,29)(H,26,32)(H,30,31). The number of carbonyl (C=O) groups excluding carboxylic acids is 2. The fourth-order valence-electron chi connectivity index (χ4n) is 3.92. The van der Waals surface area contributed by atoms with Gasteiger partial charge in [0.25, 0.3) is 5.91 Å². The third-order valence-electron chi connectivity index (χ3n) is 5.62. The van der Waals surface area contributed by atoms with Gasteiger partial charge in [0, 0.05) is 18.9 Å². The summed E-state index contributed by atoms with van der Waals surface area (Å²) >= 11 is 0. The lowest BCUT2D eigenvalue weighted by Crippen LogP contribution is -2.31. The van der Waals surface area contributed by atoms with E-state index in [-0.39, 0.29) is 43.3 Å². The largest absolute Gasteiger partial charge is 0.479 e. The SMILES string of the molecule is O=C(NCc1nocc1C(=O)NCCC(O)C(=O)O)OCC1c2ccccc2-c2ccccc21. The molecule has 1 heterocycles. The molecule has 4 rings (SSSR count). The van der Waals surface area contributed by atoms with Crippen molar-refractivity contribution in [1.82, 2.24) is 15.8 Å². The van der Waals surface area contributed by atoms with Gasteiger partial charge in [0.05, 0.1) is 6.54 Å². The highest BCUT2D eigenvalue weighted by molar-refractivity contribution is 5.95. The molecule has 0 saturated carbocycles. The molecular formula is C24H23N3O7. The maximum absolute atomic E-state index is 12.3. The minimum atomic E-state index is -1.57. The predicted molar refractivity (Wildman–Crippen MR) is 119 cm³/mol. The van der Waals surface area contributed by atoms with E-state index in [2.05, 4.69) is 15.8 Å². The van der Waals surface area contributed by atoms with Gasteiger partial charge in [-0.25, -0.2) is 9.59 Å². The van der Waals surface area contributed by atoms with Gasteiger partial charge in [0.1, 0.15) is 24.1 Å². The zero-order valence-electron chi connectivity index (χ0n) is 18.1. The van der Waals surface area contributed by atoms with Crippen LogP contribution in [0.5, 0.6) is 0 Å². The molecule has 0 fully saturated rings. The molecule has 3 aromatic rings. The van der Waals surface area contributed by atoms with Crippen molar-refractivity contribution in [3.8, 4) is 11.1 Å². The molecule has 34 heavy (non-hydrogen) atoms. The molecule has 0 bridgehead atoms. The second kappa shape index (κ2) is 10.2. The Hall–Kier alpha value is -4.18. The average Bonchev–Trinajstić information content (AvgIpc) is 3.44. The monoisotopic (exact) mass is 465 g/mol. The van der Waals surface area contributed by atoms with Crippen molar-refractivity contribution in [3.63, 3.8) is 0 Å². The molecule has 0 saturated heterocycles. The molecule has 0 radical (unpaired) electrons. The van der Waals surface area contributed by atoms with E-state index in [0.717, 1.165) is 28.5 Å². The van der Waals surface area contributed by atoms with E-state index in [1.807, 2.05) is 48.5 Å². The highest BCUT2D eigenvalue weighted by Crippen LogP contribution is 2.44. The summed E-state index contributed by atoms with van der Waals surface area (Å²) in [6.45, 7) is -0.0116. The summed E-state index contributed by atoms with van der Waals surface area (Å²) in [6, 6.07) is 16.0. The highest BCUT2D eigenvalue weighted by atomic mass is 16.5. The van der Waals surface area contributed by atoms with Gasteiger partial charge in [-0.05, 0) is 22.3 Å². The molecule has 2 aromatic carbocycles. The van der Waals surface area contributed by atoms with Crippen LogP contribution < -0.4 is 10.6 Å². The molecule has 176 valence electrons. The van der Waals surface area contributed by atoms with Crippen molar-refractivity contribution in [2.45, 2.75) is 25.0 Å². The topological polar surface area (TPSA) is 151 Å². The fraction of sp³-hybridized carbons (Fsp3) is 0.250. The molecule has 4 N–H and O–H groups in total. The number of rotatable bonds is 9. The number of carbonyl (C=O) groups is 3. The Bertz CT molecular complexity index is 1160. The molecule has 1 aliphatic rings. The van der Waals surface area contributed by atoms with Crippen LogP contribution in [0.2, 0.25) is 0 Å². The van der Waals surface area contributed by atoms with Gasteiger partial charge in [-0.1, -0.05) is 53.7 Å². The third-order valence-corrected chi connectivity index (χ3v) is 5.62. The first-order valence-electron chi connectivity index (χ1n) is 10.7. The van der Waals surface area contributed by atoms with E-state index in [9.17, 15) is 19.5 Å². The van der Waals surface area contributed by atoms with Gasteiger partial charge in [-0.15, -0.1) is 0 Å². The first-order valence-corrected chi connectivity index (χ1v) is 10.7. The second-order valence-corrected chi connectivity index (χ2v) is 7.75. The zero-order valence-corrected chi connectivity index (χ0v) is 18.1. The van der Waals surface area contributed by atoms with Gasteiger partial charge in [0.15, 0.2) is 6.10 Å². The van der Waals surface area contributed by atoms with Crippen molar-refractivity contribution < 1.29 is 33.9 Å². The first kappa shape index (κ1) is 23.0. The minimum Gasteiger partial charge on any atom is -0.479 e. The summed E-state index contributed by atoms with van der Waals surface area (Å²) < 4.78 is 10.3. The van der Waals surface area contributed by atoms with Crippen molar-refractivity contribution in [2.75, 3.05) is 13.2 Å². The minimum absolute atomic E-state index is 0.0588. The number of fused-ring (bicyclic) bond motifs is 3. The number of hydrogen-bond donors (Lipinski definition) is 4. The summed E-state index contributed by atoms with van der Waals surface area (Å²) in [7, 11) is 0. The van der Waals surface area contributed by atoms with Gasteiger partial charge in [0.2, 0.25) is 0 Å². The van der Waals surface area contributed by atoms with Crippen LogP contribution in [0, 0.1) is 0 Å². The van der Waals surface area contributed by atoms with E-state index in [4.69, 9.17) is 14.4 Å². The van der Waals surface area contributed by atoms with Crippen LogP contribution in [0.1, 0.15) is 39.5 Å². The maximum atomic E-state index is 12.3. The van der Waals surface area contributed by atoms with Gasteiger partial charge >= 0.3 is 12.1 Å². The number of hydrogen-bond acceptors (Lipinski definition) is 7. The predicted octanol–water partition coefficient (Wildman–Crippen LogP) is 2.28. The lowest BCUT2D eigenvalue weighted by atomic mass is 9.98. The smallest absolute Gasteiger partial charge is 0.407 e. The summed E-state index contributed by atoms with van der Waals surface area (Å²) in [4.78, 5) is 35.2. The van der Waals surface area contributed by atoms with Crippen molar-refractivity contribution in [1.29, 1.82) is 0 Å². The van der Waals surface area contributed by atoms with Crippen LogP contribution in [0.15, 0.2) is 59.3 Å². The van der Waals surface area contributed by atoms with Crippen molar-refractivity contribution >= 4 is 18.0 Å². The van der Waals surface area contributed by atoms with Crippen LogP contribution in [-0.4, -0.2) is 52.6 Å². The Morgan fingerprint density at radius 1 is 1.03 bits per heavy atom. The van der Waals surface area contributed by atoms with Gasteiger partial charge in [-0.3, -0.25) is 4.79 Å². The zero-order chi connectivity index (χ0) is 24.1. The Morgan fingerprint density at radius 2 is 1.68 bits per heavy atom. The number of carboxylic acid groups (broad SMARTS) is 1. The van der Waals surface area contributed by atoms with Crippen LogP contribution in [0.25, 0.3) is 11.1 Å². The van der Waals surface area contributed by atoms with Crippen LogP contribution >= 0.6 is 0 Å². The van der Waals surface area contributed by atoms with Crippen LogP contribution in [0.3, 0.4) is 0 Å². The molecule has 0 aliphatic heterocycles. The van der Waals surface area contributed by atoms with E-state index >= 15 is 0 Å². The number of aliphatic carboxylic acids is 1. The second-order valence-electron chi connectivity index (χ2n) is 7.75. The number of aliphatic hydroxyl groups is 1. The number of nitrogens with one attached hydrogen (secondary N) is 2. The van der Waals surface area contributed by atoms with Crippen LogP contribution in [-0.2, 0) is 16.1 Å². The number of aliphatic hydroxyl groups excluding tert-OH is 1. The van der Waals surface area contributed by atoms with Crippen molar-refractivity contribution in [3.05, 3.63) is 77.2 Å². The van der Waals surface area contributed by atoms with E-state index in [1.165, 1.54) is 0 Å². The maximum Gasteiger partial charge on any atom is 0.407 e. The fourth-order valence-corrected chi connectivity index (χ4v) is 3.92. The Balaban J connectivity index is 1.30. The molecule has 2 amide bonds. The Kier molecular flexibility index (Phi) is 6.88. The summed E-state index contributed by atoms with van der Waals surface area (Å²) in [5.74, 6) is -2.01. The van der Waals surface area contributed by atoms with E-state index in [1.54, 1.807) is 0 Å². The summed E-state index contributed by atoms with van der Waals surface area (Å²) in [5, 5.41) is 26.7. The van der Waals surface area contributed by atoms with E-state index < -0.39 is 24.1 Å². The lowest BCUT2D eigenvalue weighted by molar-refractivity contribution is -0.146. The third kappa shape index (κ3) is 4.91. The summed E-state index contributed by atoms with van der Waals surface area (Å²) in [5.41, 5.74) is 4.72. The number of benzene rings is 2. The van der Waals surface area contributed by atoms with E-state index in [0.29, 0.717) is 0 Å². The quantitative estimate of drug-likeness (QED) is 0.376. The summed E-state index contributed by atoms with van der Waals surface area (Å²) in [6.07, 6.45) is -1.27. The Labute approximate surface area is 194 Å². The normalized spacial score (nSPS) is 13.0. The number of carboxylic acids is 1.